The van der Waals surface area contributed by atoms with Crippen LogP contribution in [0.5, 0.6) is 11.5 Å². The van der Waals surface area contributed by atoms with Crippen molar-refractivity contribution in [2.24, 2.45) is 0 Å². The number of anilines is 1. The van der Waals surface area contributed by atoms with Gasteiger partial charge in [-0.3, -0.25) is 0 Å². The van der Waals surface area contributed by atoms with Gasteiger partial charge in [0.1, 0.15) is 11.5 Å². The van der Waals surface area contributed by atoms with E-state index in [1.165, 1.54) is 12.1 Å². The zero-order valence-electron chi connectivity index (χ0n) is 12.0. The van der Waals surface area contributed by atoms with E-state index in [1.807, 2.05) is 0 Å². The lowest BCUT2D eigenvalue weighted by Crippen LogP contribution is -2.24. The topological polar surface area (TPSA) is 61.7 Å². The van der Waals surface area contributed by atoms with E-state index in [2.05, 4.69) is 5.32 Å². The van der Waals surface area contributed by atoms with Gasteiger partial charge in [0, 0.05) is 12.2 Å². The van der Waals surface area contributed by atoms with Gasteiger partial charge in [-0.05, 0) is 30.3 Å². The number of para-hydroxylation sites is 1. The Morgan fingerprint density at radius 3 is 2.35 bits per heavy atom. The molecule has 1 unspecified atom stereocenters. The summed E-state index contributed by atoms with van der Waals surface area (Å²) in [7, 11) is 0. The van der Waals surface area contributed by atoms with E-state index in [9.17, 15) is 18.3 Å². The van der Waals surface area contributed by atoms with E-state index < -0.39 is 24.5 Å². The molecule has 23 heavy (non-hydrogen) atoms. The molecule has 2 rings (SSSR count). The number of rotatable bonds is 6. The minimum atomic E-state index is -4.58. The number of alkyl halides is 3. The number of hydrogen-bond donors (Lipinski definition) is 3. The van der Waals surface area contributed by atoms with Crippen LogP contribution >= 0.6 is 0 Å². The predicted molar refractivity (Wildman–Crippen MR) is 79.5 cm³/mol. The number of ether oxygens (including phenoxy) is 1. The van der Waals surface area contributed by atoms with Crippen molar-refractivity contribution < 1.29 is 28.1 Å². The predicted octanol–water partition coefficient (Wildman–Crippen LogP) is 3.26. The van der Waals surface area contributed by atoms with Crippen LogP contribution in [0.4, 0.5) is 18.9 Å². The average molecular weight is 327 g/mol. The van der Waals surface area contributed by atoms with Crippen LogP contribution in [-0.4, -0.2) is 29.5 Å². The van der Waals surface area contributed by atoms with E-state index >= 15 is 0 Å². The van der Waals surface area contributed by atoms with Gasteiger partial charge in [-0.25, -0.2) is 0 Å². The maximum atomic E-state index is 13.2. The fourth-order valence-corrected chi connectivity index (χ4v) is 1.89. The Bertz CT molecular complexity index is 632. The molecule has 0 aliphatic carbocycles. The molecular weight excluding hydrogens is 311 g/mol. The molecule has 0 saturated heterocycles. The summed E-state index contributed by atoms with van der Waals surface area (Å²) in [6.45, 7) is -0.734. The van der Waals surface area contributed by atoms with Gasteiger partial charge in [-0.1, -0.05) is 18.2 Å². The summed E-state index contributed by atoms with van der Waals surface area (Å²) in [4.78, 5) is 0. The maximum absolute atomic E-state index is 13.2. The third-order valence-corrected chi connectivity index (χ3v) is 3.01. The van der Waals surface area contributed by atoms with Crippen molar-refractivity contribution in [1.29, 1.82) is 0 Å². The summed E-state index contributed by atoms with van der Waals surface area (Å²) in [5.74, 6) is 0.480. The summed E-state index contributed by atoms with van der Waals surface area (Å²) in [6, 6.07) is 12.0. The maximum Gasteiger partial charge on any atom is 0.418 e. The number of nitrogens with one attached hydrogen (secondary N) is 1. The number of hydrogen-bond acceptors (Lipinski definition) is 4. The van der Waals surface area contributed by atoms with Crippen LogP contribution < -0.4 is 10.1 Å². The van der Waals surface area contributed by atoms with Crippen LogP contribution in [0.2, 0.25) is 0 Å². The molecule has 4 nitrogen and oxygen atoms in total. The fourth-order valence-electron chi connectivity index (χ4n) is 1.89. The molecule has 0 aliphatic heterocycles. The quantitative estimate of drug-likeness (QED) is 0.762. The van der Waals surface area contributed by atoms with Crippen LogP contribution in [0.3, 0.4) is 0 Å². The lowest BCUT2D eigenvalue weighted by Gasteiger charge is -2.17. The fraction of sp³-hybridized carbons (Fsp3) is 0.250. The molecule has 0 aliphatic rings. The first-order chi connectivity index (χ1) is 10.9. The second kappa shape index (κ2) is 7.34. The van der Waals surface area contributed by atoms with Gasteiger partial charge in [0.2, 0.25) is 0 Å². The first-order valence-electron chi connectivity index (χ1n) is 6.87. The molecule has 0 bridgehead atoms. The zero-order chi connectivity index (χ0) is 16.9. The lowest BCUT2D eigenvalue weighted by atomic mass is 10.1. The van der Waals surface area contributed by atoms with Gasteiger partial charge >= 0.3 is 6.18 Å². The monoisotopic (exact) mass is 327 g/mol. The van der Waals surface area contributed by atoms with E-state index in [0.29, 0.717) is 5.75 Å². The summed E-state index contributed by atoms with van der Waals surface area (Å²) in [5, 5.41) is 20.4. The highest BCUT2D eigenvalue weighted by Crippen LogP contribution is 2.38. The molecule has 0 heterocycles. The van der Waals surface area contributed by atoms with Gasteiger partial charge in [0.05, 0.1) is 18.3 Å². The molecular formula is C16H16F3NO3. The van der Waals surface area contributed by atoms with Crippen LogP contribution in [-0.2, 0) is 6.18 Å². The molecule has 1 atom stereocenters. The van der Waals surface area contributed by atoms with Gasteiger partial charge < -0.3 is 20.3 Å². The van der Waals surface area contributed by atoms with Gasteiger partial charge in [0.15, 0.2) is 0 Å². The largest absolute Gasteiger partial charge is 0.457 e. The molecule has 0 radical (unpaired) electrons. The molecule has 0 amide bonds. The van der Waals surface area contributed by atoms with E-state index in [4.69, 9.17) is 9.84 Å². The summed E-state index contributed by atoms with van der Waals surface area (Å²) in [6.07, 6.45) is -5.72. The van der Waals surface area contributed by atoms with Crippen molar-refractivity contribution in [2.45, 2.75) is 12.3 Å². The van der Waals surface area contributed by atoms with Crippen molar-refractivity contribution in [2.75, 3.05) is 18.5 Å². The Morgan fingerprint density at radius 2 is 1.74 bits per heavy atom. The van der Waals surface area contributed by atoms with Crippen molar-refractivity contribution in [3.05, 3.63) is 54.1 Å². The summed E-state index contributed by atoms with van der Waals surface area (Å²) >= 11 is 0. The van der Waals surface area contributed by atoms with Crippen LogP contribution in [0.15, 0.2) is 48.5 Å². The Balaban J connectivity index is 2.24. The first kappa shape index (κ1) is 17.1. The molecule has 0 aromatic heterocycles. The molecule has 7 heteroatoms. The Hall–Kier alpha value is -2.25. The third-order valence-electron chi connectivity index (χ3n) is 3.01. The van der Waals surface area contributed by atoms with Crippen molar-refractivity contribution >= 4 is 5.69 Å². The second-order valence-corrected chi connectivity index (χ2v) is 4.84. The molecule has 2 aromatic carbocycles. The van der Waals surface area contributed by atoms with E-state index in [0.717, 1.165) is 6.07 Å². The van der Waals surface area contributed by atoms with Gasteiger partial charge in [-0.2, -0.15) is 13.2 Å². The Kier molecular flexibility index (Phi) is 5.46. The highest BCUT2D eigenvalue weighted by atomic mass is 19.4. The first-order valence-corrected chi connectivity index (χ1v) is 6.87. The Morgan fingerprint density at radius 1 is 1.04 bits per heavy atom. The minimum absolute atomic E-state index is 0.0526. The summed E-state index contributed by atoms with van der Waals surface area (Å²) in [5.41, 5.74) is -1.10. The minimum Gasteiger partial charge on any atom is -0.457 e. The highest BCUT2D eigenvalue weighted by molar-refractivity contribution is 5.56. The normalized spacial score (nSPS) is 12.7. The second-order valence-electron chi connectivity index (χ2n) is 4.84. The van der Waals surface area contributed by atoms with E-state index in [-0.39, 0.29) is 18.0 Å². The SMILES string of the molecule is OCC(O)CNc1ccc(Oc2ccccc2)cc1C(F)(F)F. The molecule has 3 N–H and O–H groups in total. The van der Waals surface area contributed by atoms with Gasteiger partial charge in [-0.15, -0.1) is 0 Å². The number of aliphatic hydroxyl groups excluding tert-OH is 2. The van der Waals surface area contributed by atoms with Crippen molar-refractivity contribution in [1.82, 2.24) is 0 Å². The molecule has 124 valence electrons. The van der Waals surface area contributed by atoms with E-state index in [1.54, 1.807) is 30.3 Å². The molecule has 0 fully saturated rings. The molecule has 0 saturated carbocycles. The number of benzene rings is 2. The van der Waals surface area contributed by atoms with Crippen LogP contribution in [0.1, 0.15) is 5.56 Å². The smallest absolute Gasteiger partial charge is 0.418 e. The van der Waals surface area contributed by atoms with Crippen LogP contribution in [0, 0.1) is 0 Å². The number of aliphatic hydroxyl groups is 2. The highest BCUT2D eigenvalue weighted by Gasteiger charge is 2.34. The van der Waals surface area contributed by atoms with Crippen LogP contribution in [0.25, 0.3) is 0 Å². The third kappa shape index (κ3) is 4.87. The zero-order valence-corrected chi connectivity index (χ0v) is 12.0. The number of halogens is 3. The molecule has 0 spiro atoms. The standard InChI is InChI=1S/C16H16F3NO3/c17-16(18,19)14-8-13(23-12-4-2-1-3-5-12)6-7-15(14)20-9-11(22)10-21/h1-8,11,20-22H,9-10H2. The lowest BCUT2D eigenvalue weighted by molar-refractivity contribution is -0.137. The van der Waals surface area contributed by atoms with Gasteiger partial charge in [0.25, 0.3) is 0 Å². The molecule has 2 aromatic rings. The van der Waals surface area contributed by atoms with Crippen molar-refractivity contribution in [3.63, 3.8) is 0 Å². The average Bonchev–Trinajstić information content (AvgIpc) is 2.53. The van der Waals surface area contributed by atoms with Crippen molar-refractivity contribution in [3.8, 4) is 11.5 Å². The summed E-state index contributed by atoms with van der Waals surface area (Å²) < 4.78 is 44.9. The Labute approximate surface area is 131 Å².